The van der Waals surface area contributed by atoms with E-state index in [1.54, 1.807) is 6.92 Å². The maximum Gasteiger partial charge on any atom is 0.338 e. The number of carbonyl (C=O) groups excluding carboxylic acids is 2. The SMILES string of the molecule is COCCOC(=O)C1=C(C)NC(=O)N[C@H]1c1ccccc1OCc1ccccc1. The second kappa shape index (κ2) is 9.75. The number of esters is 1. The molecule has 2 amide bonds. The summed E-state index contributed by atoms with van der Waals surface area (Å²) in [5.41, 5.74) is 2.47. The fourth-order valence-electron chi connectivity index (χ4n) is 3.08. The van der Waals surface area contributed by atoms with Gasteiger partial charge in [0.25, 0.3) is 0 Å². The lowest BCUT2D eigenvalue weighted by Crippen LogP contribution is -2.45. The molecule has 1 heterocycles. The third-order valence-electron chi connectivity index (χ3n) is 4.48. The van der Waals surface area contributed by atoms with Gasteiger partial charge in [-0.2, -0.15) is 0 Å². The summed E-state index contributed by atoms with van der Waals surface area (Å²) in [5, 5.41) is 5.44. The molecular weight excluding hydrogens is 372 g/mol. The topological polar surface area (TPSA) is 85.9 Å². The summed E-state index contributed by atoms with van der Waals surface area (Å²) in [6.45, 7) is 2.46. The number of rotatable bonds is 8. The van der Waals surface area contributed by atoms with Gasteiger partial charge in [0.05, 0.1) is 18.2 Å². The van der Waals surface area contributed by atoms with Crippen LogP contribution in [0.1, 0.15) is 24.1 Å². The lowest BCUT2D eigenvalue weighted by atomic mass is 9.95. The van der Waals surface area contributed by atoms with Crippen molar-refractivity contribution in [1.82, 2.24) is 10.6 Å². The summed E-state index contributed by atoms with van der Waals surface area (Å²) in [6.07, 6.45) is 0. The van der Waals surface area contributed by atoms with Crippen LogP contribution in [-0.2, 0) is 20.9 Å². The minimum absolute atomic E-state index is 0.124. The number of methoxy groups -OCH3 is 1. The molecule has 1 aliphatic rings. The van der Waals surface area contributed by atoms with E-state index in [1.807, 2.05) is 54.6 Å². The van der Waals surface area contributed by atoms with E-state index in [4.69, 9.17) is 14.2 Å². The van der Waals surface area contributed by atoms with Crippen molar-refractivity contribution in [3.8, 4) is 5.75 Å². The Balaban J connectivity index is 1.87. The van der Waals surface area contributed by atoms with Gasteiger partial charge in [-0.15, -0.1) is 0 Å². The predicted octanol–water partition coefficient (Wildman–Crippen LogP) is 3.08. The van der Waals surface area contributed by atoms with Crippen molar-refractivity contribution in [2.24, 2.45) is 0 Å². The van der Waals surface area contributed by atoms with E-state index in [-0.39, 0.29) is 12.6 Å². The Morgan fingerprint density at radius 1 is 1.03 bits per heavy atom. The Hall–Kier alpha value is -3.32. The summed E-state index contributed by atoms with van der Waals surface area (Å²) < 4.78 is 16.2. The van der Waals surface area contributed by atoms with Crippen molar-refractivity contribution in [2.45, 2.75) is 19.6 Å². The van der Waals surface area contributed by atoms with Gasteiger partial charge < -0.3 is 24.8 Å². The molecule has 0 fully saturated rings. The zero-order valence-electron chi connectivity index (χ0n) is 16.4. The summed E-state index contributed by atoms with van der Waals surface area (Å²) in [7, 11) is 1.53. The van der Waals surface area contributed by atoms with Crippen LogP contribution in [0.25, 0.3) is 0 Å². The molecular formula is C22H24N2O5. The summed E-state index contributed by atoms with van der Waals surface area (Å²) in [4.78, 5) is 24.8. The van der Waals surface area contributed by atoms with Crippen molar-refractivity contribution in [2.75, 3.05) is 20.3 Å². The first kappa shape index (κ1) is 20.4. The van der Waals surface area contributed by atoms with Gasteiger partial charge in [-0.1, -0.05) is 48.5 Å². The number of ether oxygens (including phenoxy) is 3. The average Bonchev–Trinajstić information content (AvgIpc) is 2.72. The van der Waals surface area contributed by atoms with Gasteiger partial charge in [0.1, 0.15) is 19.0 Å². The lowest BCUT2D eigenvalue weighted by molar-refractivity contribution is -0.140. The van der Waals surface area contributed by atoms with Crippen molar-refractivity contribution < 1.29 is 23.8 Å². The zero-order chi connectivity index (χ0) is 20.6. The first-order valence-electron chi connectivity index (χ1n) is 9.30. The number of allylic oxidation sites excluding steroid dienone is 1. The molecule has 0 spiro atoms. The van der Waals surface area contributed by atoms with Crippen LogP contribution in [0.4, 0.5) is 4.79 Å². The maximum atomic E-state index is 12.7. The number of benzene rings is 2. The van der Waals surface area contributed by atoms with E-state index < -0.39 is 12.0 Å². The molecule has 2 N–H and O–H groups in total. The highest BCUT2D eigenvalue weighted by Gasteiger charge is 2.33. The summed E-state index contributed by atoms with van der Waals surface area (Å²) >= 11 is 0. The van der Waals surface area contributed by atoms with Gasteiger partial charge in [0, 0.05) is 18.4 Å². The van der Waals surface area contributed by atoms with Crippen LogP contribution in [0, 0.1) is 0 Å². The van der Waals surface area contributed by atoms with E-state index >= 15 is 0 Å². The van der Waals surface area contributed by atoms with Crippen molar-refractivity contribution in [3.63, 3.8) is 0 Å². The van der Waals surface area contributed by atoms with Crippen LogP contribution >= 0.6 is 0 Å². The van der Waals surface area contributed by atoms with E-state index in [1.165, 1.54) is 7.11 Å². The largest absolute Gasteiger partial charge is 0.489 e. The molecule has 7 heteroatoms. The molecule has 7 nitrogen and oxygen atoms in total. The minimum atomic E-state index is -0.689. The molecule has 0 saturated carbocycles. The molecule has 2 aromatic carbocycles. The molecule has 2 aromatic rings. The van der Waals surface area contributed by atoms with Crippen LogP contribution in [0.15, 0.2) is 65.9 Å². The monoisotopic (exact) mass is 396 g/mol. The van der Waals surface area contributed by atoms with Gasteiger partial charge in [-0.3, -0.25) is 0 Å². The van der Waals surface area contributed by atoms with E-state index in [0.29, 0.717) is 35.8 Å². The Morgan fingerprint density at radius 3 is 2.52 bits per heavy atom. The molecule has 3 rings (SSSR count). The average molecular weight is 396 g/mol. The first-order chi connectivity index (χ1) is 14.1. The number of nitrogens with one attached hydrogen (secondary N) is 2. The van der Waals surface area contributed by atoms with Crippen LogP contribution in [0.5, 0.6) is 5.75 Å². The van der Waals surface area contributed by atoms with E-state index in [2.05, 4.69) is 10.6 Å². The molecule has 1 aliphatic heterocycles. The quantitative estimate of drug-likeness (QED) is 0.529. The fraction of sp³-hybridized carbons (Fsp3) is 0.273. The molecule has 0 bridgehead atoms. The molecule has 0 unspecified atom stereocenters. The number of para-hydroxylation sites is 1. The molecule has 0 aromatic heterocycles. The number of hydrogen-bond acceptors (Lipinski definition) is 5. The van der Waals surface area contributed by atoms with Crippen molar-refractivity contribution in [3.05, 3.63) is 77.0 Å². The van der Waals surface area contributed by atoms with Gasteiger partial charge in [-0.25, -0.2) is 9.59 Å². The number of amides is 2. The lowest BCUT2D eigenvalue weighted by Gasteiger charge is -2.29. The van der Waals surface area contributed by atoms with Crippen LogP contribution in [0.3, 0.4) is 0 Å². The van der Waals surface area contributed by atoms with Gasteiger partial charge in [0.2, 0.25) is 0 Å². The third kappa shape index (κ3) is 5.14. The molecule has 0 saturated heterocycles. The highest BCUT2D eigenvalue weighted by Crippen LogP contribution is 2.33. The molecule has 29 heavy (non-hydrogen) atoms. The Kier molecular flexibility index (Phi) is 6.86. The fourth-order valence-corrected chi connectivity index (χ4v) is 3.08. The van der Waals surface area contributed by atoms with Gasteiger partial charge in [0.15, 0.2) is 0 Å². The maximum absolute atomic E-state index is 12.7. The smallest absolute Gasteiger partial charge is 0.338 e. The van der Waals surface area contributed by atoms with E-state index in [0.717, 1.165) is 5.56 Å². The highest BCUT2D eigenvalue weighted by atomic mass is 16.6. The summed E-state index contributed by atoms with van der Waals surface area (Å²) in [6, 6.07) is 16.0. The second-order valence-corrected chi connectivity index (χ2v) is 6.51. The predicted molar refractivity (Wildman–Crippen MR) is 107 cm³/mol. The molecule has 0 radical (unpaired) electrons. The zero-order valence-corrected chi connectivity index (χ0v) is 16.4. The number of hydrogen-bond donors (Lipinski definition) is 2. The molecule has 1 atom stereocenters. The van der Waals surface area contributed by atoms with Crippen molar-refractivity contribution in [1.29, 1.82) is 0 Å². The van der Waals surface area contributed by atoms with Crippen LogP contribution < -0.4 is 15.4 Å². The summed E-state index contributed by atoms with van der Waals surface area (Å²) in [5.74, 6) is 0.0634. The first-order valence-corrected chi connectivity index (χ1v) is 9.30. The Labute approximate surface area is 169 Å². The highest BCUT2D eigenvalue weighted by molar-refractivity contribution is 5.95. The standard InChI is InChI=1S/C22H24N2O5/c1-15-19(21(25)28-13-12-27-2)20(24-22(26)23-15)17-10-6-7-11-18(17)29-14-16-8-4-3-5-9-16/h3-11,20H,12-14H2,1-2H3,(H2,23,24,26)/t20-/m0/s1. The normalized spacial score (nSPS) is 16.1. The Morgan fingerprint density at radius 2 is 1.76 bits per heavy atom. The minimum Gasteiger partial charge on any atom is -0.489 e. The van der Waals surface area contributed by atoms with E-state index in [9.17, 15) is 9.59 Å². The van der Waals surface area contributed by atoms with Crippen LogP contribution in [-0.4, -0.2) is 32.3 Å². The molecule has 152 valence electrons. The van der Waals surface area contributed by atoms with Gasteiger partial charge in [-0.05, 0) is 18.6 Å². The van der Waals surface area contributed by atoms with Gasteiger partial charge >= 0.3 is 12.0 Å². The third-order valence-corrected chi connectivity index (χ3v) is 4.48. The number of urea groups is 1. The van der Waals surface area contributed by atoms with Crippen molar-refractivity contribution >= 4 is 12.0 Å². The second-order valence-electron chi connectivity index (χ2n) is 6.51. The van der Waals surface area contributed by atoms with Crippen LogP contribution in [0.2, 0.25) is 0 Å². The Bertz CT molecular complexity index is 895. The number of carbonyl (C=O) groups is 2. The molecule has 0 aliphatic carbocycles.